The maximum absolute atomic E-state index is 10.6. The van der Waals surface area contributed by atoms with Gasteiger partial charge in [0.2, 0.25) is 0 Å². The zero-order valence-electron chi connectivity index (χ0n) is 7.98. The van der Waals surface area contributed by atoms with Crippen LogP contribution < -0.4 is 0 Å². The van der Waals surface area contributed by atoms with Crippen LogP contribution >= 0.6 is 0 Å². The van der Waals surface area contributed by atoms with Crippen LogP contribution in [0.4, 0.5) is 0 Å². The zero-order chi connectivity index (χ0) is 8.85. The molecule has 11 heavy (non-hydrogen) atoms. The SMILES string of the molecule is CC(=O)CC/C(C)=C\C(C)C. The molecule has 0 spiro atoms. The number of ketones is 1. The number of carbonyl (C=O) groups excluding carboxylic acids is 1. The normalized spacial score (nSPS) is 12.3. The van der Waals surface area contributed by atoms with Crippen molar-refractivity contribution >= 4 is 5.78 Å². The van der Waals surface area contributed by atoms with E-state index >= 15 is 0 Å². The van der Waals surface area contributed by atoms with Crippen molar-refractivity contribution in [2.45, 2.75) is 40.5 Å². The Balaban J connectivity index is 3.68. The van der Waals surface area contributed by atoms with Gasteiger partial charge in [0.1, 0.15) is 5.78 Å². The molecule has 0 radical (unpaired) electrons. The second kappa shape index (κ2) is 5.11. The minimum atomic E-state index is 0.279. The Morgan fingerprint density at radius 2 is 1.82 bits per heavy atom. The quantitative estimate of drug-likeness (QED) is 0.569. The van der Waals surface area contributed by atoms with Crippen molar-refractivity contribution in [1.82, 2.24) is 0 Å². The first-order valence-corrected chi connectivity index (χ1v) is 4.19. The molecule has 0 saturated heterocycles. The van der Waals surface area contributed by atoms with Crippen LogP contribution in [0.15, 0.2) is 11.6 Å². The average molecular weight is 154 g/mol. The first-order chi connectivity index (χ1) is 5.02. The third kappa shape index (κ3) is 7.31. The summed E-state index contributed by atoms with van der Waals surface area (Å²) in [6.07, 6.45) is 3.82. The van der Waals surface area contributed by atoms with Crippen molar-refractivity contribution in [3.8, 4) is 0 Å². The summed E-state index contributed by atoms with van der Waals surface area (Å²) < 4.78 is 0. The van der Waals surface area contributed by atoms with Crippen molar-refractivity contribution in [2.75, 3.05) is 0 Å². The van der Waals surface area contributed by atoms with E-state index in [1.165, 1.54) is 5.57 Å². The van der Waals surface area contributed by atoms with E-state index in [4.69, 9.17) is 0 Å². The van der Waals surface area contributed by atoms with Crippen LogP contribution in [0.2, 0.25) is 0 Å². The molecule has 0 bridgehead atoms. The number of hydrogen-bond acceptors (Lipinski definition) is 1. The van der Waals surface area contributed by atoms with Crippen LogP contribution in [0.3, 0.4) is 0 Å². The van der Waals surface area contributed by atoms with E-state index in [1.807, 2.05) is 0 Å². The van der Waals surface area contributed by atoms with Gasteiger partial charge in [0.25, 0.3) is 0 Å². The largest absolute Gasteiger partial charge is 0.300 e. The Morgan fingerprint density at radius 1 is 1.27 bits per heavy atom. The highest BCUT2D eigenvalue weighted by atomic mass is 16.1. The summed E-state index contributed by atoms with van der Waals surface area (Å²) in [5.74, 6) is 0.878. The lowest BCUT2D eigenvalue weighted by Crippen LogP contribution is -1.91. The van der Waals surface area contributed by atoms with Gasteiger partial charge in [0, 0.05) is 6.42 Å². The molecule has 0 fully saturated rings. The van der Waals surface area contributed by atoms with Gasteiger partial charge in [-0.15, -0.1) is 0 Å². The predicted molar refractivity (Wildman–Crippen MR) is 48.5 cm³/mol. The monoisotopic (exact) mass is 154 g/mol. The second-order valence-electron chi connectivity index (χ2n) is 3.46. The summed E-state index contributed by atoms with van der Waals surface area (Å²) in [5.41, 5.74) is 1.33. The Morgan fingerprint density at radius 3 is 2.18 bits per heavy atom. The average Bonchev–Trinajstić information content (AvgIpc) is 1.82. The molecule has 0 heterocycles. The molecule has 64 valence electrons. The number of rotatable bonds is 4. The van der Waals surface area contributed by atoms with Gasteiger partial charge in [-0.1, -0.05) is 25.5 Å². The summed E-state index contributed by atoms with van der Waals surface area (Å²) in [7, 11) is 0. The summed E-state index contributed by atoms with van der Waals surface area (Å²) in [4.78, 5) is 10.6. The lowest BCUT2D eigenvalue weighted by molar-refractivity contribution is -0.116. The summed E-state index contributed by atoms with van der Waals surface area (Å²) in [6, 6.07) is 0. The van der Waals surface area contributed by atoms with E-state index in [0.717, 1.165) is 6.42 Å². The number of allylic oxidation sites excluding steroid dienone is 2. The Kier molecular flexibility index (Phi) is 4.84. The molecule has 0 aromatic carbocycles. The molecule has 0 aromatic heterocycles. The molecule has 1 nitrogen and oxygen atoms in total. The Labute approximate surface area is 69.5 Å². The fraction of sp³-hybridized carbons (Fsp3) is 0.700. The maximum Gasteiger partial charge on any atom is 0.130 e. The number of Topliss-reactive ketones (excluding diaryl/α,β-unsaturated/α-hetero) is 1. The number of carbonyl (C=O) groups is 1. The lowest BCUT2D eigenvalue weighted by Gasteiger charge is -2.00. The van der Waals surface area contributed by atoms with Crippen molar-refractivity contribution in [3.63, 3.8) is 0 Å². The van der Waals surface area contributed by atoms with Crippen LogP contribution in [0.25, 0.3) is 0 Å². The third-order valence-electron chi connectivity index (χ3n) is 1.49. The van der Waals surface area contributed by atoms with E-state index in [1.54, 1.807) is 6.92 Å². The molecule has 0 rings (SSSR count). The molecule has 0 saturated carbocycles. The summed E-state index contributed by atoms with van der Waals surface area (Å²) in [5, 5.41) is 0. The molecule has 1 heteroatoms. The van der Waals surface area contributed by atoms with Crippen LogP contribution in [-0.4, -0.2) is 5.78 Å². The standard InChI is InChI=1S/C10H18O/c1-8(2)7-9(3)5-6-10(4)11/h7-8H,5-6H2,1-4H3/b9-7-. The molecular formula is C10H18O. The van der Waals surface area contributed by atoms with E-state index < -0.39 is 0 Å². The molecule has 0 aliphatic heterocycles. The highest BCUT2D eigenvalue weighted by Gasteiger charge is 1.95. The molecule has 0 aromatic rings. The first-order valence-electron chi connectivity index (χ1n) is 4.19. The molecule has 0 aliphatic rings. The predicted octanol–water partition coefficient (Wildman–Crippen LogP) is 2.96. The first kappa shape index (κ1) is 10.4. The zero-order valence-corrected chi connectivity index (χ0v) is 7.98. The lowest BCUT2D eigenvalue weighted by atomic mass is 10.1. The number of hydrogen-bond donors (Lipinski definition) is 0. The minimum Gasteiger partial charge on any atom is -0.300 e. The van der Waals surface area contributed by atoms with Crippen molar-refractivity contribution in [3.05, 3.63) is 11.6 Å². The molecule has 0 unspecified atom stereocenters. The van der Waals surface area contributed by atoms with Crippen LogP contribution in [0.1, 0.15) is 40.5 Å². The molecule has 0 aliphatic carbocycles. The van der Waals surface area contributed by atoms with E-state index in [2.05, 4.69) is 26.8 Å². The minimum absolute atomic E-state index is 0.279. The van der Waals surface area contributed by atoms with Crippen LogP contribution in [-0.2, 0) is 4.79 Å². The van der Waals surface area contributed by atoms with Crippen LogP contribution in [0, 0.1) is 5.92 Å². The van der Waals surface area contributed by atoms with Crippen LogP contribution in [0.5, 0.6) is 0 Å². The van der Waals surface area contributed by atoms with Gasteiger partial charge in [0.15, 0.2) is 0 Å². The van der Waals surface area contributed by atoms with Gasteiger partial charge in [-0.25, -0.2) is 0 Å². The molecule has 0 amide bonds. The second-order valence-corrected chi connectivity index (χ2v) is 3.46. The van der Waals surface area contributed by atoms with E-state index in [9.17, 15) is 4.79 Å². The maximum atomic E-state index is 10.6. The molecule has 0 N–H and O–H groups in total. The van der Waals surface area contributed by atoms with Gasteiger partial charge in [-0.3, -0.25) is 0 Å². The molecular weight excluding hydrogens is 136 g/mol. The highest BCUT2D eigenvalue weighted by Crippen LogP contribution is 2.08. The summed E-state index contributed by atoms with van der Waals surface area (Å²) >= 11 is 0. The van der Waals surface area contributed by atoms with Crippen molar-refractivity contribution < 1.29 is 4.79 Å². The van der Waals surface area contributed by atoms with E-state index in [-0.39, 0.29) is 5.78 Å². The van der Waals surface area contributed by atoms with E-state index in [0.29, 0.717) is 12.3 Å². The Bertz CT molecular complexity index is 154. The van der Waals surface area contributed by atoms with Crippen molar-refractivity contribution in [1.29, 1.82) is 0 Å². The fourth-order valence-electron chi connectivity index (χ4n) is 1.03. The van der Waals surface area contributed by atoms with Crippen molar-refractivity contribution in [2.24, 2.45) is 5.92 Å². The highest BCUT2D eigenvalue weighted by molar-refractivity contribution is 5.75. The Hall–Kier alpha value is -0.590. The fourth-order valence-corrected chi connectivity index (χ4v) is 1.03. The van der Waals surface area contributed by atoms with Gasteiger partial charge in [0.05, 0.1) is 0 Å². The smallest absolute Gasteiger partial charge is 0.130 e. The topological polar surface area (TPSA) is 17.1 Å². The summed E-state index contributed by atoms with van der Waals surface area (Å²) in [6.45, 7) is 8.03. The van der Waals surface area contributed by atoms with Gasteiger partial charge >= 0.3 is 0 Å². The van der Waals surface area contributed by atoms with Gasteiger partial charge in [-0.2, -0.15) is 0 Å². The third-order valence-corrected chi connectivity index (χ3v) is 1.49. The van der Waals surface area contributed by atoms with Gasteiger partial charge in [-0.05, 0) is 26.2 Å². The molecule has 0 atom stereocenters. The van der Waals surface area contributed by atoms with Gasteiger partial charge < -0.3 is 4.79 Å².